The first-order valence-corrected chi connectivity index (χ1v) is 9.36. The summed E-state index contributed by atoms with van der Waals surface area (Å²) in [5, 5.41) is 10.2. The molecule has 1 fully saturated rings. The van der Waals surface area contributed by atoms with Crippen LogP contribution in [0.4, 0.5) is 0 Å². The molecule has 8 heteroatoms. The Morgan fingerprint density at radius 2 is 1.92 bits per heavy atom. The Morgan fingerprint density at radius 1 is 1.27 bits per heavy atom. The molecule has 1 aromatic rings. The molecular weight excluding hydrogens is 354 g/mol. The average Bonchev–Trinajstić information content (AvgIpc) is 3.09. The van der Waals surface area contributed by atoms with Crippen LogP contribution < -0.4 is 16.4 Å². The van der Waals surface area contributed by atoms with Crippen molar-refractivity contribution in [3.05, 3.63) is 18.0 Å². The average molecular weight is 386 g/mol. The molecule has 1 heterocycles. The van der Waals surface area contributed by atoms with Crippen LogP contribution in [0.3, 0.4) is 0 Å². The van der Waals surface area contributed by atoms with Crippen LogP contribution in [0.5, 0.6) is 0 Å². The molecule has 2 amide bonds. The number of nitrogens with zero attached hydrogens (tertiary/aromatic N) is 2. The number of rotatable bonds is 8. The SMILES string of the molecule is CCC(CC)(CN)NC(=O)c1cnn(CC(=O)NC2CCCCC2)c1.Cl. The Labute approximate surface area is 161 Å². The highest BCUT2D eigenvalue weighted by atomic mass is 35.5. The van der Waals surface area contributed by atoms with Gasteiger partial charge in [0, 0.05) is 18.8 Å². The molecule has 0 saturated heterocycles. The van der Waals surface area contributed by atoms with Crippen LogP contribution in [0.15, 0.2) is 12.4 Å². The second kappa shape index (κ2) is 10.5. The molecule has 4 N–H and O–H groups in total. The number of nitrogens with one attached hydrogen (secondary N) is 2. The Morgan fingerprint density at radius 3 is 2.50 bits per heavy atom. The van der Waals surface area contributed by atoms with Gasteiger partial charge in [-0.05, 0) is 25.7 Å². The zero-order chi connectivity index (χ0) is 18.3. The monoisotopic (exact) mass is 385 g/mol. The lowest BCUT2D eigenvalue weighted by Crippen LogP contribution is -2.52. The number of carbonyl (C=O) groups is 2. The van der Waals surface area contributed by atoms with Gasteiger partial charge in [0.05, 0.1) is 17.3 Å². The lowest BCUT2D eigenvalue weighted by Gasteiger charge is -2.31. The van der Waals surface area contributed by atoms with Gasteiger partial charge in [-0.25, -0.2) is 0 Å². The number of hydrogen-bond donors (Lipinski definition) is 3. The van der Waals surface area contributed by atoms with Gasteiger partial charge in [0.15, 0.2) is 0 Å². The van der Waals surface area contributed by atoms with E-state index in [-0.39, 0.29) is 36.8 Å². The number of halogens is 1. The molecular formula is C18H32ClN5O2. The fourth-order valence-corrected chi connectivity index (χ4v) is 3.31. The van der Waals surface area contributed by atoms with Gasteiger partial charge in [-0.15, -0.1) is 12.4 Å². The van der Waals surface area contributed by atoms with E-state index in [2.05, 4.69) is 15.7 Å². The normalized spacial score (nSPS) is 15.2. The second-order valence-corrected chi connectivity index (χ2v) is 6.97. The first kappa shape index (κ1) is 22.4. The Hall–Kier alpha value is -1.60. The number of amides is 2. The van der Waals surface area contributed by atoms with Crippen LogP contribution >= 0.6 is 12.4 Å². The van der Waals surface area contributed by atoms with E-state index in [0.717, 1.165) is 25.7 Å². The van der Waals surface area contributed by atoms with Crippen LogP contribution in [0, 0.1) is 0 Å². The van der Waals surface area contributed by atoms with Crippen LogP contribution in [0.25, 0.3) is 0 Å². The highest BCUT2D eigenvalue weighted by molar-refractivity contribution is 5.94. The topological polar surface area (TPSA) is 102 Å². The molecule has 1 aromatic heterocycles. The maximum absolute atomic E-state index is 12.4. The van der Waals surface area contributed by atoms with Gasteiger partial charge >= 0.3 is 0 Å². The molecule has 1 aliphatic rings. The van der Waals surface area contributed by atoms with E-state index < -0.39 is 5.54 Å². The van der Waals surface area contributed by atoms with Crippen molar-refractivity contribution in [3.8, 4) is 0 Å². The van der Waals surface area contributed by atoms with Gasteiger partial charge in [0.1, 0.15) is 6.54 Å². The molecule has 0 spiro atoms. The number of nitrogens with two attached hydrogens (primary N) is 1. The van der Waals surface area contributed by atoms with Crippen LogP contribution in [-0.2, 0) is 11.3 Å². The van der Waals surface area contributed by atoms with Crippen molar-refractivity contribution >= 4 is 24.2 Å². The fourth-order valence-electron chi connectivity index (χ4n) is 3.31. The van der Waals surface area contributed by atoms with E-state index in [9.17, 15) is 9.59 Å². The highest BCUT2D eigenvalue weighted by Crippen LogP contribution is 2.17. The molecule has 0 aliphatic heterocycles. The van der Waals surface area contributed by atoms with Crippen molar-refractivity contribution in [1.82, 2.24) is 20.4 Å². The van der Waals surface area contributed by atoms with Crippen LogP contribution in [0.1, 0.15) is 69.2 Å². The van der Waals surface area contributed by atoms with Crippen molar-refractivity contribution in [2.75, 3.05) is 6.54 Å². The Balaban J connectivity index is 0.00000338. The van der Waals surface area contributed by atoms with Crippen LogP contribution in [-0.4, -0.2) is 39.7 Å². The van der Waals surface area contributed by atoms with Crippen LogP contribution in [0.2, 0.25) is 0 Å². The summed E-state index contributed by atoms with van der Waals surface area (Å²) < 4.78 is 1.51. The fraction of sp³-hybridized carbons (Fsp3) is 0.722. The van der Waals surface area contributed by atoms with Gasteiger partial charge in [0.25, 0.3) is 5.91 Å². The summed E-state index contributed by atoms with van der Waals surface area (Å²) in [4.78, 5) is 24.6. The molecule has 0 radical (unpaired) electrons. The third-order valence-electron chi connectivity index (χ3n) is 5.29. The van der Waals surface area contributed by atoms with Gasteiger partial charge < -0.3 is 16.4 Å². The van der Waals surface area contributed by atoms with E-state index in [1.54, 1.807) is 6.20 Å². The van der Waals surface area contributed by atoms with Crippen molar-refractivity contribution in [1.29, 1.82) is 0 Å². The molecule has 26 heavy (non-hydrogen) atoms. The van der Waals surface area contributed by atoms with Gasteiger partial charge in [-0.1, -0.05) is 33.1 Å². The summed E-state index contributed by atoms with van der Waals surface area (Å²) in [7, 11) is 0. The summed E-state index contributed by atoms with van der Waals surface area (Å²) >= 11 is 0. The Bertz CT molecular complexity index is 572. The van der Waals surface area contributed by atoms with E-state index in [1.165, 1.54) is 30.1 Å². The molecule has 1 aliphatic carbocycles. The largest absolute Gasteiger partial charge is 0.352 e. The quantitative estimate of drug-likeness (QED) is 0.636. The minimum atomic E-state index is -0.391. The van der Waals surface area contributed by atoms with Gasteiger partial charge in [-0.3, -0.25) is 14.3 Å². The van der Waals surface area contributed by atoms with Gasteiger partial charge in [-0.2, -0.15) is 5.10 Å². The number of hydrogen-bond acceptors (Lipinski definition) is 4. The third-order valence-corrected chi connectivity index (χ3v) is 5.29. The molecule has 2 rings (SSSR count). The first-order chi connectivity index (χ1) is 12.0. The molecule has 0 bridgehead atoms. The van der Waals surface area contributed by atoms with E-state index >= 15 is 0 Å². The maximum Gasteiger partial charge on any atom is 0.254 e. The minimum Gasteiger partial charge on any atom is -0.352 e. The lowest BCUT2D eigenvalue weighted by molar-refractivity contribution is -0.122. The zero-order valence-electron chi connectivity index (χ0n) is 15.8. The smallest absolute Gasteiger partial charge is 0.254 e. The second-order valence-electron chi connectivity index (χ2n) is 6.97. The third kappa shape index (κ3) is 5.99. The zero-order valence-corrected chi connectivity index (χ0v) is 16.6. The van der Waals surface area contributed by atoms with E-state index in [1.807, 2.05) is 13.8 Å². The molecule has 0 unspecified atom stereocenters. The Kier molecular flexibility index (Phi) is 9.08. The highest BCUT2D eigenvalue weighted by Gasteiger charge is 2.27. The van der Waals surface area contributed by atoms with Gasteiger partial charge in [0.2, 0.25) is 5.91 Å². The molecule has 7 nitrogen and oxygen atoms in total. The molecule has 148 valence electrons. The van der Waals surface area contributed by atoms with Crippen molar-refractivity contribution < 1.29 is 9.59 Å². The summed E-state index contributed by atoms with van der Waals surface area (Å²) in [5.74, 6) is -0.256. The predicted octanol–water partition coefficient (Wildman–Crippen LogP) is 2.00. The summed E-state index contributed by atoms with van der Waals surface area (Å²) in [6.45, 7) is 4.54. The molecule has 0 atom stereocenters. The number of aromatic nitrogens is 2. The number of carbonyl (C=O) groups excluding carboxylic acids is 2. The van der Waals surface area contributed by atoms with Crippen molar-refractivity contribution in [2.45, 2.75) is 76.9 Å². The van der Waals surface area contributed by atoms with E-state index in [0.29, 0.717) is 12.1 Å². The predicted molar refractivity (Wildman–Crippen MR) is 104 cm³/mol. The lowest BCUT2D eigenvalue weighted by atomic mass is 9.92. The first-order valence-electron chi connectivity index (χ1n) is 9.36. The summed E-state index contributed by atoms with van der Waals surface area (Å²) in [5.41, 5.74) is 5.88. The van der Waals surface area contributed by atoms with Crippen molar-refractivity contribution in [3.63, 3.8) is 0 Å². The van der Waals surface area contributed by atoms with Crippen molar-refractivity contribution in [2.24, 2.45) is 5.73 Å². The summed E-state index contributed by atoms with van der Waals surface area (Å²) in [6.07, 6.45) is 10.3. The molecule has 1 saturated carbocycles. The van der Waals surface area contributed by atoms with E-state index in [4.69, 9.17) is 5.73 Å². The maximum atomic E-state index is 12.4. The standard InChI is InChI=1S/C18H31N5O2.ClH/c1-3-18(4-2,13-19)22-17(25)14-10-20-23(11-14)12-16(24)21-15-8-6-5-7-9-15;/h10-11,15H,3-9,12-13,19H2,1-2H3,(H,21,24)(H,22,25);1H. The minimum absolute atomic E-state index is 0. The summed E-state index contributed by atoms with van der Waals surface area (Å²) in [6, 6.07) is 0.277. The molecule has 0 aromatic carbocycles.